The van der Waals surface area contributed by atoms with Crippen LogP contribution in [0.5, 0.6) is 0 Å². The first-order valence-corrected chi connectivity index (χ1v) is 7.60. The molecule has 2 atom stereocenters. The normalized spacial score (nSPS) is 15.3. The van der Waals surface area contributed by atoms with E-state index in [2.05, 4.69) is 49.5 Å². The average molecular weight is 270 g/mol. The molecule has 0 aliphatic heterocycles. The van der Waals surface area contributed by atoms with E-state index in [0.717, 1.165) is 19.6 Å². The first-order valence-electron chi connectivity index (χ1n) is 6.65. The molecule has 0 aromatic carbocycles. The van der Waals surface area contributed by atoms with Gasteiger partial charge in [0.15, 0.2) is 0 Å². The van der Waals surface area contributed by atoms with Gasteiger partial charge in [-0.25, -0.2) is 0 Å². The fourth-order valence-corrected chi connectivity index (χ4v) is 2.76. The summed E-state index contributed by atoms with van der Waals surface area (Å²) in [6, 6.07) is 2.63. The Morgan fingerprint density at radius 2 is 2.17 bits per heavy atom. The van der Waals surface area contributed by atoms with Crippen LogP contribution in [0.2, 0.25) is 0 Å². The van der Waals surface area contributed by atoms with Crippen LogP contribution in [0, 0.1) is 0 Å². The van der Waals surface area contributed by atoms with E-state index in [1.54, 1.807) is 11.3 Å². The number of nitrogens with zero attached hydrogens (tertiary/aromatic N) is 1. The average Bonchev–Trinajstić information content (AvgIpc) is 2.82. The highest BCUT2D eigenvalue weighted by molar-refractivity contribution is 7.07. The standard InChI is InChI=1S/C14H26N2OS/c1-5-13(15)14(12-6-9-18-10-12)16(4)7-8-17-11(2)3/h6,9-11,13-14H,5,7-8,15H2,1-4H3. The fourth-order valence-electron chi connectivity index (χ4n) is 2.07. The van der Waals surface area contributed by atoms with Crippen LogP contribution < -0.4 is 5.73 Å². The zero-order valence-electron chi connectivity index (χ0n) is 11.9. The molecule has 0 fully saturated rings. The van der Waals surface area contributed by atoms with Gasteiger partial charge < -0.3 is 10.5 Å². The number of hydrogen-bond acceptors (Lipinski definition) is 4. The molecule has 1 heterocycles. The number of nitrogens with two attached hydrogens (primary N) is 1. The van der Waals surface area contributed by atoms with Crippen LogP contribution >= 0.6 is 11.3 Å². The van der Waals surface area contributed by atoms with Crippen LogP contribution in [0.3, 0.4) is 0 Å². The van der Waals surface area contributed by atoms with E-state index >= 15 is 0 Å². The maximum atomic E-state index is 6.26. The van der Waals surface area contributed by atoms with Crippen molar-refractivity contribution >= 4 is 11.3 Å². The van der Waals surface area contributed by atoms with Crippen molar-refractivity contribution in [3.8, 4) is 0 Å². The van der Waals surface area contributed by atoms with Gasteiger partial charge in [0.1, 0.15) is 0 Å². The van der Waals surface area contributed by atoms with E-state index in [9.17, 15) is 0 Å². The maximum Gasteiger partial charge on any atom is 0.0597 e. The monoisotopic (exact) mass is 270 g/mol. The Balaban J connectivity index is 2.60. The lowest BCUT2D eigenvalue weighted by molar-refractivity contribution is 0.0527. The first-order chi connectivity index (χ1) is 8.56. The summed E-state index contributed by atoms with van der Waals surface area (Å²) in [7, 11) is 2.13. The van der Waals surface area contributed by atoms with E-state index in [1.807, 2.05) is 0 Å². The van der Waals surface area contributed by atoms with E-state index in [1.165, 1.54) is 5.56 Å². The highest BCUT2D eigenvalue weighted by atomic mass is 32.1. The molecule has 1 aromatic heterocycles. The molecule has 104 valence electrons. The van der Waals surface area contributed by atoms with E-state index in [0.29, 0.717) is 0 Å². The van der Waals surface area contributed by atoms with Crippen molar-refractivity contribution in [2.24, 2.45) is 5.73 Å². The molecule has 0 spiro atoms. The highest BCUT2D eigenvalue weighted by Crippen LogP contribution is 2.25. The zero-order valence-corrected chi connectivity index (χ0v) is 12.7. The Bertz CT molecular complexity index is 314. The minimum atomic E-state index is 0.170. The van der Waals surface area contributed by atoms with Crippen LogP contribution in [0.15, 0.2) is 16.8 Å². The van der Waals surface area contributed by atoms with Gasteiger partial charge in [0, 0.05) is 12.6 Å². The number of thiophene rings is 1. The summed E-state index contributed by atoms with van der Waals surface area (Å²) in [5, 5.41) is 4.31. The third-order valence-corrected chi connectivity index (χ3v) is 3.83. The molecule has 0 saturated heterocycles. The maximum absolute atomic E-state index is 6.26. The van der Waals surface area contributed by atoms with Crippen LogP contribution in [0.25, 0.3) is 0 Å². The molecule has 0 aliphatic rings. The van der Waals surface area contributed by atoms with Gasteiger partial charge >= 0.3 is 0 Å². The molecule has 0 aliphatic carbocycles. The van der Waals surface area contributed by atoms with Gasteiger partial charge in [-0.15, -0.1) is 0 Å². The Morgan fingerprint density at radius 3 is 2.67 bits per heavy atom. The minimum absolute atomic E-state index is 0.170. The van der Waals surface area contributed by atoms with Crippen molar-refractivity contribution < 1.29 is 4.74 Å². The van der Waals surface area contributed by atoms with Crippen molar-refractivity contribution in [2.45, 2.75) is 45.4 Å². The SMILES string of the molecule is CCC(N)C(c1ccsc1)N(C)CCOC(C)C. The molecular formula is C14H26N2OS. The molecule has 1 aromatic rings. The molecule has 0 saturated carbocycles. The second-order valence-corrected chi connectivity index (χ2v) is 5.75. The topological polar surface area (TPSA) is 38.5 Å². The van der Waals surface area contributed by atoms with Gasteiger partial charge in [-0.1, -0.05) is 6.92 Å². The van der Waals surface area contributed by atoms with Crippen molar-refractivity contribution in [2.75, 3.05) is 20.2 Å². The van der Waals surface area contributed by atoms with Gasteiger partial charge in [-0.05, 0) is 49.7 Å². The zero-order chi connectivity index (χ0) is 13.5. The van der Waals surface area contributed by atoms with Crippen molar-refractivity contribution in [3.05, 3.63) is 22.4 Å². The molecule has 18 heavy (non-hydrogen) atoms. The number of hydrogen-bond donors (Lipinski definition) is 1. The van der Waals surface area contributed by atoms with Crippen molar-refractivity contribution in [1.82, 2.24) is 4.90 Å². The van der Waals surface area contributed by atoms with Gasteiger partial charge in [-0.2, -0.15) is 11.3 Å². The number of rotatable bonds is 8. The third-order valence-electron chi connectivity index (χ3n) is 3.13. The molecule has 1 rings (SSSR count). The number of ether oxygens (including phenoxy) is 1. The molecular weight excluding hydrogens is 244 g/mol. The fraction of sp³-hybridized carbons (Fsp3) is 0.714. The quantitative estimate of drug-likeness (QED) is 0.789. The van der Waals surface area contributed by atoms with Gasteiger partial charge in [0.2, 0.25) is 0 Å². The Kier molecular flexibility index (Phi) is 6.86. The number of likely N-dealkylation sites (N-methyl/N-ethyl adjacent to an activating group) is 1. The molecule has 0 bridgehead atoms. The van der Waals surface area contributed by atoms with E-state index < -0.39 is 0 Å². The summed E-state index contributed by atoms with van der Waals surface area (Å²) >= 11 is 1.73. The van der Waals surface area contributed by atoms with Gasteiger partial charge in [0.25, 0.3) is 0 Å². The summed E-state index contributed by atoms with van der Waals surface area (Å²) in [5.74, 6) is 0. The van der Waals surface area contributed by atoms with E-state index in [4.69, 9.17) is 10.5 Å². The molecule has 2 N–H and O–H groups in total. The highest BCUT2D eigenvalue weighted by Gasteiger charge is 2.23. The van der Waals surface area contributed by atoms with Crippen LogP contribution in [0.1, 0.15) is 38.8 Å². The van der Waals surface area contributed by atoms with Crippen LogP contribution in [-0.4, -0.2) is 37.2 Å². The summed E-state index contributed by atoms with van der Waals surface area (Å²) in [4.78, 5) is 2.30. The Hall–Kier alpha value is -0.420. The minimum Gasteiger partial charge on any atom is -0.377 e. The summed E-state index contributed by atoms with van der Waals surface area (Å²) in [5.41, 5.74) is 7.58. The molecule has 0 radical (unpaired) electrons. The summed E-state index contributed by atoms with van der Waals surface area (Å²) in [6.45, 7) is 7.93. The van der Waals surface area contributed by atoms with Gasteiger partial charge in [0.05, 0.1) is 18.8 Å². The van der Waals surface area contributed by atoms with Gasteiger partial charge in [-0.3, -0.25) is 4.90 Å². The summed E-state index contributed by atoms with van der Waals surface area (Å²) in [6.07, 6.45) is 1.27. The molecule has 4 heteroatoms. The first kappa shape index (κ1) is 15.6. The van der Waals surface area contributed by atoms with Crippen LogP contribution in [0.4, 0.5) is 0 Å². The predicted molar refractivity (Wildman–Crippen MR) is 79.0 cm³/mol. The smallest absolute Gasteiger partial charge is 0.0597 e. The predicted octanol–water partition coefficient (Wildman–Crippen LogP) is 2.88. The third kappa shape index (κ3) is 4.69. The molecule has 3 nitrogen and oxygen atoms in total. The lowest BCUT2D eigenvalue weighted by Crippen LogP contribution is -2.40. The lowest BCUT2D eigenvalue weighted by atomic mass is 9.99. The lowest BCUT2D eigenvalue weighted by Gasteiger charge is -2.32. The molecule has 2 unspecified atom stereocenters. The Morgan fingerprint density at radius 1 is 1.44 bits per heavy atom. The largest absolute Gasteiger partial charge is 0.377 e. The van der Waals surface area contributed by atoms with Crippen molar-refractivity contribution in [3.63, 3.8) is 0 Å². The second-order valence-electron chi connectivity index (χ2n) is 4.97. The van der Waals surface area contributed by atoms with E-state index in [-0.39, 0.29) is 18.2 Å². The Labute approximate surface area is 115 Å². The van der Waals surface area contributed by atoms with Crippen LogP contribution in [-0.2, 0) is 4.74 Å². The van der Waals surface area contributed by atoms with Crippen molar-refractivity contribution in [1.29, 1.82) is 0 Å². The second kappa shape index (κ2) is 7.89. The molecule has 0 amide bonds. The summed E-state index contributed by atoms with van der Waals surface area (Å²) < 4.78 is 5.61.